The third kappa shape index (κ3) is 8.19. The minimum atomic E-state index is -2.52. The first-order chi connectivity index (χ1) is 22.0. The van der Waals surface area contributed by atoms with E-state index in [1.54, 1.807) is 32.0 Å². The van der Waals surface area contributed by atoms with Crippen LogP contribution in [0.15, 0.2) is 54.1 Å². The quantitative estimate of drug-likeness (QED) is 0.255. The summed E-state index contributed by atoms with van der Waals surface area (Å²) in [7, 11) is 0. The third-order valence-corrected chi connectivity index (χ3v) is 8.41. The third-order valence-electron chi connectivity index (χ3n) is 8.41. The molecular weight excluding hydrogens is 628 g/mol. The molecule has 0 heterocycles. The summed E-state index contributed by atoms with van der Waals surface area (Å²) in [5.41, 5.74) is -8.34. The van der Waals surface area contributed by atoms with Crippen molar-refractivity contribution in [2.24, 2.45) is 11.3 Å². The molecule has 3 rings (SSSR count). The lowest BCUT2D eigenvalue weighted by Crippen LogP contribution is -2.59. The van der Waals surface area contributed by atoms with E-state index in [0.29, 0.717) is 0 Å². The standard InChI is InChI=1S/C35H44O13/c1-19-15-16-32(6,7)29(45-21(3)37)26(44-20(2)36)30(46-22(4)38)33(8,42)17-25-28(47-31(41)24-13-11-10-12-14-24)34(9,48-23(5)39)18-35(25,43)27(19)40/h10-17,19,26,28-30,42-43H,18H2,1-9H3. The summed E-state index contributed by atoms with van der Waals surface area (Å²) >= 11 is 0. The molecule has 8 atom stereocenters. The van der Waals surface area contributed by atoms with Crippen molar-refractivity contribution in [3.63, 3.8) is 0 Å². The molecular formula is C35H44O13. The number of esters is 5. The molecule has 13 heteroatoms. The van der Waals surface area contributed by atoms with E-state index in [1.807, 2.05) is 0 Å². The maximum absolute atomic E-state index is 14.2. The lowest BCUT2D eigenvalue weighted by Gasteiger charge is -2.43. The number of carbonyl (C=O) groups excluding carboxylic acids is 6. The van der Waals surface area contributed by atoms with E-state index in [-0.39, 0.29) is 11.1 Å². The number of rotatable bonds is 6. The molecule has 0 bridgehead atoms. The van der Waals surface area contributed by atoms with Gasteiger partial charge >= 0.3 is 29.8 Å². The number of allylic oxidation sites excluding steroid dienone is 1. The van der Waals surface area contributed by atoms with E-state index in [2.05, 4.69) is 0 Å². The lowest BCUT2D eigenvalue weighted by atomic mass is 9.75. The molecule has 1 saturated carbocycles. The van der Waals surface area contributed by atoms with Gasteiger partial charge < -0.3 is 33.9 Å². The van der Waals surface area contributed by atoms with Crippen LogP contribution in [0.1, 0.15) is 79.1 Å². The van der Waals surface area contributed by atoms with Gasteiger partial charge in [-0.15, -0.1) is 0 Å². The van der Waals surface area contributed by atoms with Gasteiger partial charge in [-0.2, -0.15) is 0 Å². The van der Waals surface area contributed by atoms with Crippen molar-refractivity contribution in [2.75, 3.05) is 0 Å². The molecule has 2 aliphatic carbocycles. The van der Waals surface area contributed by atoms with Crippen LogP contribution in [0.2, 0.25) is 0 Å². The largest absolute Gasteiger partial charge is 0.458 e. The molecule has 48 heavy (non-hydrogen) atoms. The Morgan fingerprint density at radius 1 is 0.771 bits per heavy atom. The number of ketones is 1. The Bertz CT molecular complexity index is 1510. The summed E-state index contributed by atoms with van der Waals surface area (Å²) in [4.78, 5) is 77.5. The molecule has 0 aromatic heterocycles. The summed E-state index contributed by atoms with van der Waals surface area (Å²) < 4.78 is 28.3. The smallest absolute Gasteiger partial charge is 0.338 e. The number of fused-ring (bicyclic) bond motifs is 1. The van der Waals surface area contributed by atoms with Crippen LogP contribution in [-0.4, -0.2) is 87.1 Å². The van der Waals surface area contributed by atoms with Crippen LogP contribution in [-0.2, 0) is 47.7 Å². The van der Waals surface area contributed by atoms with Crippen LogP contribution >= 0.6 is 0 Å². The first-order valence-electron chi connectivity index (χ1n) is 15.4. The SMILES string of the molecule is CC(=O)OC1C(OC(C)=O)C(C)(C)C=CC(C)C(=O)C2(O)CC(C)(OC(C)=O)C(OC(=O)c3ccccc3)C2=CC(C)(O)C1OC(C)=O. The average Bonchev–Trinajstić information content (AvgIpc) is 3.16. The Morgan fingerprint density at radius 2 is 1.31 bits per heavy atom. The highest BCUT2D eigenvalue weighted by molar-refractivity contribution is 5.95. The number of hydrogen-bond acceptors (Lipinski definition) is 13. The van der Waals surface area contributed by atoms with Crippen molar-refractivity contribution in [1.82, 2.24) is 0 Å². The predicted octanol–water partition coefficient (Wildman–Crippen LogP) is 2.94. The second kappa shape index (κ2) is 14.0. The van der Waals surface area contributed by atoms with Gasteiger partial charge in [-0.05, 0) is 32.1 Å². The minimum absolute atomic E-state index is 0.0976. The summed E-state index contributed by atoms with van der Waals surface area (Å²) in [6.07, 6.45) is -3.21. The summed E-state index contributed by atoms with van der Waals surface area (Å²) in [5.74, 6) is -6.17. The molecule has 2 N–H and O–H groups in total. The van der Waals surface area contributed by atoms with E-state index >= 15 is 0 Å². The van der Waals surface area contributed by atoms with Gasteiger partial charge in [0.15, 0.2) is 41.4 Å². The summed E-state index contributed by atoms with van der Waals surface area (Å²) in [6, 6.07) is 7.78. The fourth-order valence-electron chi connectivity index (χ4n) is 6.37. The molecule has 0 spiro atoms. The Morgan fingerprint density at radius 3 is 1.83 bits per heavy atom. The van der Waals surface area contributed by atoms with Crippen molar-refractivity contribution in [1.29, 1.82) is 0 Å². The van der Waals surface area contributed by atoms with Gasteiger partial charge in [-0.1, -0.05) is 51.1 Å². The molecule has 8 unspecified atom stereocenters. The molecule has 262 valence electrons. The highest BCUT2D eigenvalue weighted by atomic mass is 16.6. The molecule has 0 amide bonds. The van der Waals surface area contributed by atoms with Crippen molar-refractivity contribution in [2.45, 2.75) is 110 Å². The van der Waals surface area contributed by atoms with E-state index in [4.69, 9.17) is 23.7 Å². The summed E-state index contributed by atoms with van der Waals surface area (Å²) in [6.45, 7) is 11.6. The van der Waals surface area contributed by atoms with Gasteiger partial charge in [0.1, 0.15) is 5.60 Å². The normalized spacial score (nSPS) is 33.1. The zero-order valence-corrected chi connectivity index (χ0v) is 28.6. The molecule has 1 aromatic carbocycles. The van der Waals surface area contributed by atoms with Crippen LogP contribution in [0.25, 0.3) is 0 Å². The second-order valence-electron chi connectivity index (χ2n) is 13.4. The second-order valence-corrected chi connectivity index (χ2v) is 13.4. The van der Waals surface area contributed by atoms with Gasteiger partial charge in [0.05, 0.1) is 5.56 Å². The molecule has 0 aliphatic heterocycles. The van der Waals surface area contributed by atoms with Crippen LogP contribution in [0.3, 0.4) is 0 Å². The zero-order valence-electron chi connectivity index (χ0n) is 28.6. The predicted molar refractivity (Wildman–Crippen MR) is 168 cm³/mol. The molecule has 1 fully saturated rings. The molecule has 13 nitrogen and oxygen atoms in total. The van der Waals surface area contributed by atoms with Gasteiger partial charge in [-0.3, -0.25) is 24.0 Å². The first-order valence-corrected chi connectivity index (χ1v) is 15.4. The lowest BCUT2D eigenvalue weighted by molar-refractivity contribution is -0.207. The number of aliphatic hydroxyl groups is 2. The van der Waals surface area contributed by atoms with Crippen molar-refractivity contribution >= 4 is 35.6 Å². The van der Waals surface area contributed by atoms with Crippen LogP contribution in [0.5, 0.6) is 0 Å². The van der Waals surface area contributed by atoms with Gasteiger partial charge in [0.25, 0.3) is 0 Å². The topological polar surface area (TPSA) is 189 Å². The molecule has 1 aromatic rings. The van der Waals surface area contributed by atoms with Gasteiger partial charge in [0.2, 0.25) is 0 Å². The number of benzene rings is 1. The van der Waals surface area contributed by atoms with Crippen molar-refractivity contribution in [3.05, 3.63) is 59.7 Å². The number of ether oxygens (including phenoxy) is 5. The maximum Gasteiger partial charge on any atom is 0.338 e. The molecule has 0 radical (unpaired) electrons. The van der Waals surface area contributed by atoms with E-state index in [1.165, 1.54) is 38.1 Å². The molecule has 0 saturated heterocycles. The Labute approximate surface area is 279 Å². The number of carbonyl (C=O) groups is 6. The first kappa shape index (κ1) is 38.1. The van der Waals surface area contributed by atoms with Crippen LogP contribution in [0, 0.1) is 11.3 Å². The highest BCUT2D eigenvalue weighted by Gasteiger charge is 2.64. The van der Waals surface area contributed by atoms with E-state index in [0.717, 1.165) is 40.7 Å². The molecule has 2 aliphatic rings. The van der Waals surface area contributed by atoms with Crippen LogP contribution in [0.4, 0.5) is 0 Å². The van der Waals surface area contributed by atoms with Gasteiger partial charge in [0, 0.05) is 51.0 Å². The fraction of sp³-hybridized carbons (Fsp3) is 0.543. The highest BCUT2D eigenvalue weighted by Crippen LogP contribution is 2.50. The monoisotopic (exact) mass is 672 g/mol. The van der Waals surface area contributed by atoms with E-state index < -0.39 is 94.6 Å². The summed E-state index contributed by atoms with van der Waals surface area (Å²) in [5, 5.41) is 24.6. The Hall–Kier alpha value is -4.36. The van der Waals surface area contributed by atoms with E-state index in [9.17, 15) is 39.0 Å². The van der Waals surface area contributed by atoms with Crippen molar-refractivity contribution < 1.29 is 62.7 Å². The van der Waals surface area contributed by atoms with Crippen molar-refractivity contribution in [3.8, 4) is 0 Å². The minimum Gasteiger partial charge on any atom is -0.458 e. The Balaban J connectivity index is 2.43. The fourth-order valence-corrected chi connectivity index (χ4v) is 6.37. The maximum atomic E-state index is 14.2. The van der Waals surface area contributed by atoms with Gasteiger partial charge in [-0.25, -0.2) is 4.79 Å². The van der Waals surface area contributed by atoms with Crippen LogP contribution < -0.4 is 0 Å². The number of Topliss-reactive ketones (excluding diaryl/α,β-unsaturated/α-hetero) is 1. The zero-order chi connectivity index (χ0) is 36.4. The number of hydrogen-bond donors (Lipinski definition) is 2. The Kier molecular flexibility index (Phi) is 11.1. The average molecular weight is 673 g/mol.